The van der Waals surface area contributed by atoms with Gasteiger partial charge in [-0.05, 0) is 19.8 Å². The molecule has 120 valence electrons. The molecule has 0 spiro atoms. The Morgan fingerprint density at radius 3 is 2.41 bits per heavy atom. The summed E-state index contributed by atoms with van der Waals surface area (Å²) in [4.78, 5) is 31.2. The lowest BCUT2D eigenvalue weighted by Gasteiger charge is -2.19. The van der Waals surface area contributed by atoms with Crippen LogP contribution in [0, 0.1) is 0 Å². The van der Waals surface area contributed by atoms with Crippen LogP contribution >= 0.6 is 0 Å². The van der Waals surface area contributed by atoms with Crippen LogP contribution in [0.3, 0.4) is 0 Å². The lowest BCUT2D eigenvalue weighted by Crippen LogP contribution is -2.37. The lowest BCUT2D eigenvalue weighted by molar-refractivity contribution is 0.175. The van der Waals surface area contributed by atoms with Gasteiger partial charge in [-0.25, -0.2) is 4.79 Å². The van der Waals surface area contributed by atoms with Crippen molar-refractivity contribution in [3.63, 3.8) is 0 Å². The monoisotopic (exact) mass is 307 g/mol. The fourth-order valence-corrected chi connectivity index (χ4v) is 3.03. The summed E-state index contributed by atoms with van der Waals surface area (Å²) in [5, 5.41) is 9.79. The molecular formula is C14H21N5O3. The second-order valence-electron chi connectivity index (χ2n) is 5.94. The highest BCUT2D eigenvalue weighted by molar-refractivity contribution is 5.74. The molecule has 3 heterocycles. The maximum absolute atomic E-state index is 12.5. The van der Waals surface area contributed by atoms with Gasteiger partial charge in [0.15, 0.2) is 11.2 Å². The molecule has 1 aliphatic heterocycles. The molecule has 2 aromatic heterocycles. The molecule has 1 saturated heterocycles. The molecule has 0 aliphatic carbocycles. The SMILES string of the molecule is C[C@@H](O)Cn1c(N2CCCC2)nc2c1c(=O)n(C)c(=O)n2C. The van der Waals surface area contributed by atoms with Crippen molar-refractivity contribution in [1.82, 2.24) is 18.7 Å². The topological polar surface area (TPSA) is 85.3 Å². The van der Waals surface area contributed by atoms with Crippen molar-refractivity contribution in [2.24, 2.45) is 14.1 Å². The van der Waals surface area contributed by atoms with Crippen LogP contribution in [0.2, 0.25) is 0 Å². The van der Waals surface area contributed by atoms with Gasteiger partial charge in [-0.15, -0.1) is 0 Å². The molecule has 8 nitrogen and oxygen atoms in total. The van der Waals surface area contributed by atoms with Gasteiger partial charge >= 0.3 is 5.69 Å². The number of rotatable bonds is 3. The third kappa shape index (κ3) is 2.14. The van der Waals surface area contributed by atoms with Gasteiger partial charge in [-0.1, -0.05) is 0 Å². The molecule has 1 atom stereocenters. The molecule has 1 fully saturated rings. The fourth-order valence-electron chi connectivity index (χ4n) is 3.03. The first-order chi connectivity index (χ1) is 10.4. The maximum Gasteiger partial charge on any atom is 0.332 e. The van der Waals surface area contributed by atoms with Crippen molar-refractivity contribution in [2.45, 2.75) is 32.4 Å². The van der Waals surface area contributed by atoms with E-state index in [1.807, 2.05) is 0 Å². The largest absolute Gasteiger partial charge is 0.392 e. The Morgan fingerprint density at radius 2 is 1.82 bits per heavy atom. The number of fused-ring (bicyclic) bond motifs is 1. The molecule has 22 heavy (non-hydrogen) atoms. The minimum absolute atomic E-state index is 0.274. The number of nitrogens with zero attached hydrogens (tertiary/aromatic N) is 5. The van der Waals surface area contributed by atoms with E-state index < -0.39 is 11.8 Å². The average Bonchev–Trinajstić information content (AvgIpc) is 3.10. The average molecular weight is 307 g/mol. The molecule has 3 rings (SSSR count). The number of aliphatic hydroxyl groups excluding tert-OH is 1. The van der Waals surface area contributed by atoms with Crippen LogP contribution in [0.4, 0.5) is 5.95 Å². The zero-order valence-corrected chi connectivity index (χ0v) is 13.1. The zero-order valence-electron chi connectivity index (χ0n) is 13.1. The van der Waals surface area contributed by atoms with Crippen molar-refractivity contribution in [1.29, 1.82) is 0 Å². The number of aryl methyl sites for hydroxylation is 1. The van der Waals surface area contributed by atoms with E-state index in [0.29, 0.717) is 17.1 Å². The first-order valence-electron chi connectivity index (χ1n) is 7.51. The van der Waals surface area contributed by atoms with E-state index in [1.165, 1.54) is 11.6 Å². The Labute approximate surface area is 127 Å². The normalized spacial score (nSPS) is 16.6. The first kappa shape index (κ1) is 14.8. The number of anilines is 1. The van der Waals surface area contributed by atoms with Crippen LogP contribution in [0.1, 0.15) is 19.8 Å². The highest BCUT2D eigenvalue weighted by Crippen LogP contribution is 2.23. The van der Waals surface area contributed by atoms with Crippen molar-refractivity contribution in [2.75, 3.05) is 18.0 Å². The van der Waals surface area contributed by atoms with Gasteiger partial charge in [0.05, 0.1) is 12.6 Å². The summed E-state index contributed by atoms with van der Waals surface area (Å²) in [6.07, 6.45) is 1.55. The van der Waals surface area contributed by atoms with Crippen molar-refractivity contribution >= 4 is 17.1 Å². The summed E-state index contributed by atoms with van der Waals surface area (Å²) in [6, 6.07) is 0. The Morgan fingerprint density at radius 1 is 1.18 bits per heavy atom. The van der Waals surface area contributed by atoms with Crippen LogP contribution in [-0.4, -0.2) is 43.0 Å². The van der Waals surface area contributed by atoms with E-state index in [2.05, 4.69) is 9.88 Å². The molecule has 1 aliphatic rings. The van der Waals surface area contributed by atoms with Crippen LogP contribution in [0.5, 0.6) is 0 Å². The first-order valence-corrected chi connectivity index (χ1v) is 7.51. The molecule has 2 aromatic rings. The molecule has 0 saturated carbocycles. The minimum atomic E-state index is -0.610. The standard InChI is InChI=1S/C14H21N5O3/c1-9(20)8-19-10-11(15-13(19)18-6-4-5-7-18)16(2)14(22)17(3)12(10)21/h9,20H,4-8H2,1-3H3/t9-/m1/s1. The van der Waals surface area contributed by atoms with Crippen LogP contribution in [0.25, 0.3) is 11.2 Å². The minimum Gasteiger partial charge on any atom is -0.392 e. The van der Waals surface area contributed by atoms with Gasteiger partial charge in [-0.3, -0.25) is 13.9 Å². The second-order valence-corrected chi connectivity index (χ2v) is 5.94. The molecule has 0 aromatic carbocycles. The van der Waals surface area contributed by atoms with Crippen LogP contribution < -0.4 is 16.1 Å². The molecule has 1 N–H and O–H groups in total. The van der Waals surface area contributed by atoms with E-state index in [9.17, 15) is 14.7 Å². The molecule has 0 bridgehead atoms. The summed E-state index contributed by atoms with van der Waals surface area (Å²) in [7, 11) is 3.07. The number of aliphatic hydroxyl groups is 1. The lowest BCUT2D eigenvalue weighted by atomic mass is 10.4. The van der Waals surface area contributed by atoms with Gasteiger partial charge in [-0.2, -0.15) is 4.98 Å². The Bertz CT molecular complexity index is 824. The predicted octanol–water partition coefficient (Wildman–Crippen LogP) is -0.585. The van der Waals surface area contributed by atoms with Gasteiger partial charge in [0.2, 0.25) is 5.95 Å². The van der Waals surface area contributed by atoms with Crippen molar-refractivity contribution in [3.05, 3.63) is 20.8 Å². The van der Waals surface area contributed by atoms with Gasteiger partial charge in [0, 0.05) is 27.2 Å². The highest BCUT2D eigenvalue weighted by Gasteiger charge is 2.24. The van der Waals surface area contributed by atoms with E-state index in [1.54, 1.807) is 18.5 Å². The summed E-state index contributed by atoms with van der Waals surface area (Å²) in [5.74, 6) is 0.659. The fraction of sp³-hybridized carbons (Fsp3) is 0.643. The number of aromatic nitrogens is 4. The van der Waals surface area contributed by atoms with Crippen LogP contribution in [-0.2, 0) is 20.6 Å². The molecule has 0 radical (unpaired) electrons. The van der Waals surface area contributed by atoms with E-state index in [4.69, 9.17) is 0 Å². The predicted molar refractivity (Wildman–Crippen MR) is 83.3 cm³/mol. The summed E-state index contributed by atoms with van der Waals surface area (Å²) in [5.41, 5.74) is -0.0353. The smallest absolute Gasteiger partial charge is 0.332 e. The summed E-state index contributed by atoms with van der Waals surface area (Å²) in [6.45, 7) is 3.69. The quantitative estimate of drug-likeness (QED) is 0.819. The number of hydrogen-bond donors (Lipinski definition) is 1. The molecule has 0 unspecified atom stereocenters. The zero-order chi connectivity index (χ0) is 16.0. The van der Waals surface area contributed by atoms with Gasteiger partial charge < -0.3 is 14.6 Å². The molecule has 8 heteroatoms. The molecular weight excluding hydrogens is 286 g/mol. The maximum atomic E-state index is 12.5. The van der Waals surface area contributed by atoms with Crippen molar-refractivity contribution in [3.8, 4) is 0 Å². The third-order valence-corrected chi connectivity index (χ3v) is 4.16. The third-order valence-electron chi connectivity index (χ3n) is 4.16. The van der Waals surface area contributed by atoms with Crippen molar-refractivity contribution < 1.29 is 5.11 Å². The molecule has 0 amide bonds. The van der Waals surface area contributed by atoms with Gasteiger partial charge in [0.1, 0.15) is 0 Å². The number of hydrogen-bond acceptors (Lipinski definition) is 5. The highest BCUT2D eigenvalue weighted by atomic mass is 16.3. The van der Waals surface area contributed by atoms with E-state index >= 15 is 0 Å². The Balaban J connectivity index is 2.36. The number of imidazole rings is 1. The second kappa shape index (κ2) is 5.28. The van der Waals surface area contributed by atoms with Crippen LogP contribution in [0.15, 0.2) is 9.59 Å². The van der Waals surface area contributed by atoms with E-state index in [0.717, 1.165) is 30.5 Å². The van der Waals surface area contributed by atoms with E-state index in [-0.39, 0.29) is 12.1 Å². The van der Waals surface area contributed by atoms with Gasteiger partial charge in [0.25, 0.3) is 5.56 Å². The summed E-state index contributed by atoms with van der Waals surface area (Å²) >= 11 is 0. The summed E-state index contributed by atoms with van der Waals surface area (Å²) < 4.78 is 4.21. The Kier molecular flexibility index (Phi) is 3.56. The Hall–Kier alpha value is -2.09.